The second-order valence-electron chi connectivity index (χ2n) is 6.08. The van der Waals surface area contributed by atoms with Crippen molar-refractivity contribution >= 4 is 21.6 Å². The van der Waals surface area contributed by atoms with Crippen molar-refractivity contribution < 1.29 is 0 Å². The monoisotopic (exact) mass is 333 g/mol. The Hall–Kier alpha value is -1.05. The van der Waals surface area contributed by atoms with Crippen LogP contribution in [0.3, 0.4) is 0 Å². The Morgan fingerprint density at radius 1 is 1.30 bits per heavy atom. The summed E-state index contributed by atoms with van der Waals surface area (Å²) in [7, 11) is 0. The fourth-order valence-electron chi connectivity index (χ4n) is 3.67. The largest absolute Gasteiger partial charge is 0.370 e. The summed E-state index contributed by atoms with van der Waals surface area (Å²) in [6.45, 7) is 4.43. The number of benzene rings is 1. The molecule has 3 nitrogen and oxygen atoms in total. The first-order chi connectivity index (χ1) is 9.72. The Balaban J connectivity index is 1.85. The van der Waals surface area contributed by atoms with E-state index in [-0.39, 0.29) is 0 Å². The summed E-state index contributed by atoms with van der Waals surface area (Å²) in [5.74, 6) is 0. The van der Waals surface area contributed by atoms with E-state index in [0.29, 0.717) is 5.41 Å². The van der Waals surface area contributed by atoms with Gasteiger partial charge in [-0.25, -0.2) is 0 Å². The lowest BCUT2D eigenvalue weighted by molar-refractivity contribution is 0.173. The Labute approximate surface area is 129 Å². The number of anilines is 1. The van der Waals surface area contributed by atoms with Gasteiger partial charge in [0, 0.05) is 29.5 Å². The van der Waals surface area contributed by atoms with Crippen LogP contribution in [0, 0.1) is 16.7 Å². The van der Waals surface area contributed by atoms with Crippen LogP contribution in [-0.4, -0.2) is 26.2 Å². The van der Waals surface area contributed by atoms with Crippen molar-refractivity contribution in [2.24, 2.45) is 5.41 Å². The lowest BCUT2D eigenvalue weighted by atomic mass is 9.74. The highest BCUT2D eigenvalue weighted by Crippen LogP contribution is 2.38. The van der Waals surface area contributed by atoms with Crippen molar-refractivity contribution in [2.45, 2.75) is 25.7 Å². The summed E-state index contributed by atoms with van der Waals surface area (Å²) >= 11 is 3.45. The van der Waals surface area contributed by atoms with E-state index >= 15 is 0 Å². The smallest absolute Gasteiger partial charge is 0.101 e. The third-order valence-corrected chi connectivity index (χ3v) is 5.14. The van der Waals surface area contributed by atoms with Crippen LogP contribution in [0.4, 0.5) is 5.69 Å². The highest BCUT2D eigenvalue weighted by molar-refractivity contribution is 9.10. The number of hydrogen-bond acceptors (Lipinski definition) is 3. The Morgan fingerprint density at radius 2 is 2.15 bits per heavy atom. The fourth-order valence-corrected chi connectivity index (χ4v) is 4.03. The number of nitriles is 1. The minimum Gasteiger partial charge on any atom is -0.370 e. The summed E-state index contributed by atoms with van der Waals surface area (Å²) in [5.41, 5.74) is 2.29. The standard InChI is InChI=1S/C16H20BrN3/c17-14-3-4-15(13(9-14)10-18)20-8-2-6-16(12-20)5-1-7-19-11-16/h3-4,9,19H,1-2,5-8,11-12H2. The lowest BCUT2D eigenvalue weighted by Gasteiger charge is -2.46. The first kappa shape index (κ1) is 13.9. The highest BCUT2D eigenvalue weighted by Gasteiger charge is 2.37. The summed E-state index contributed by atoms with van der Waals surface area (Å²) in [4.78, 5) is 2.42. The maximum atomic E-state index is 9.37. The highest BCUT2D eigenvalue weighted by atomic mass is 79.9. The zero-order valence-corrected chi connectivity index (χ0v) is 13.2. The fraction of sp³-hybridized carbons (Fsp3) is 0.562. The van der Waals surface area contributed by atoms with Crippen LogP contribution in [-0.2, 0) is 0 Å². The normalized spacial score (nSPS) is 26.5. The molecule has 0 saturated carbocycles. The molecule has 2 aliphatic heterocycles. The van der Waals surface area contributed by atoms with E-state index in [9.17, 15) is 5.26 Å². The third kappa shape index (κ3) is 2.70. The predicted molar refractivity (Wildman–Crippen MR) is 84.8 cm³/mol. The van der Waals surface area contributed by atoms with E-state index in [4.69, 9.17) is 0 Å². The summed E-state index contributed by atoms with van der Waals surface area (Å²) in [6, 6.07) is 8.38. The molecule has 0 amide bonds. The first-order valence-corrected chi connectivity index (χ1v) is 8.17. The molecule has 1 spiro atoms. The molecule has 1 aromatic carbocycles. The molecule has 0 aliphatic carbocycles. The van der Waals surface area contributed by atoms with Gasteiger partial charge in [-0.05, 0) is 50.4 Å². The molecule has 3 rings (SSSR count). The predicted octanol–water partition coefficient (Wildman–Crippen LogP) is 3.29. The van der Waals surface area contributed by atoms with Crippen LogP contribution in [0.5, 0.6) is 0 Å². The van der Waals surface area contributed by atoms with E-state index in [1.54, 1.807) is 0 Å². The molecule has 1 unspecified atom stereocenters. The number of nitrogens with zero attached hydrogens (tertiary/aromatic N) is 2. The van der Waals surface area contributed by atoms with E-state index in [1.165, 1.54) is 25.7 Å². The van der Waals surface area contributed by atoms with Gasteiger partial charge in [-0.2, -0.15) is 5.26 Å². The van der Waals surface area contributed by atoms with E-state index < -0.39 is 0 Å². The minimum atomic E-state index is 0.413. The average molecular weight is 334 g/mol. The van der Waals surface area contributed by atoms with E-state index in [1.807, 2.05) is 12.1 Å². The van der Waals surface area contributed by atoms with E-state index in [0.717, 1.165) is 41.9 Å². The van der Waals surface area contributed by atoms with Gasteiger partial charge in [0.15, 0.2) is 0 Å². The van der Waals surface area contributed by atoms with Crippen molar-refractivity contribution in [1.29, 1.82) is 5.26 Å². The van der Waals surface area contributed by atoms with Gasteiger partial charge in [0.1, 0.15) is 6.07 Å². The van der Waals surface area contributed by atoms with Crippen LogP contribution >= 0.6 is 15.9 Å². The molecule has 1 N–H and O–H groups in total. The lowest BCUT2D eigenvalue weighted by Crippen LogP contribution is -2.51. The van der Waals surface area contributed by atoms with Crippen molar-refractivity contribution in [3.05, 3.63) is 28.2 Å². The number of hydrogen-bond donors (Lipinski definition) is 1. The molecule has 0 bridgehead atoms. The zero-order valence-electron chi connectivity index (χ0n) is 11.7. The van der Waals surface area contributed by atoms with Crippen molar-refractivity contribution in [1.82, 2.24) is 5.32 Å². The van der Waals surface area contributed by atoms with Crippen molar-refractivity contribution in [3.8, 4) is 6.07 Å². The van der Waals surface area contributed by atoms with Crippen molar-refractivity contribution in [3.63, 3.8) is 0 Å². The second-order valence-corrected chi connectivity index (χ2v) is 6.99. The molecule has 1 atom stereocenters. The number of rotatable bonds is 1. The summed E-state index contributed by atoms with van der Waals surface area (Å²) in [5, 5.41) is 12.9. The molecule has 2 heterocycles. The molecule has 106 valence electrons. The van der Waals surface area contributed by atoms with Gasteiger partial charge in [-0.15, -0.1) is 0 Å². The molecule has 4 heteroatoms. The van der Waals surface area contributed by atoms with Gasteiger partial charge in [0.25, 0.3) is 0 Å². The molecule has 2 saturated heterocycles. The zero-order chi connectivity index (χ0) is 14.0. The minimum absolute atomic E-state index is 0.413. The van der Waals surface area contributed by atoms with Crippen LogP contribution < -0.4 is 10.2 Å². The van der Waals surface area contributed by atoms with Crippen LogP contribution in [0.25, 0.3) is 0 Å². The molecule has 0 radical (unpaired) electrons. The molecule has 2 aliphatic rings. The van der Waals surface area contributed by atoms with Gasteiger partial charge in [-0.3, -0.25) is 0 Å². The first-order valence-electron chi connectivity index (χ1n) is 7.38. The summed E-state index contributed by atoms with van der Waals surface area (Å²) in [6.07, 6.45) is 5.13. The topological polar surface area (TPSA) is 39.1 Å². The maximum Gasteiger partial charge on any atom is 0.101 e. The molecule has 0 aromatic heterocycles. The van der Waals surface area contributed by atoms with Crippen molar-refractivity contribution in [2.75, 3.05) is 31.1 Å². The second kappa shape index (κ2) is 5.75. The van der Waals surface area contributed by atoms with Gasteiger partial charge in [0.05, 0.1) is 11.3 Å². The molecular formula is C16H20BrN3. The van der Waals surface area contributed by atoms with Gasteiger partial charge in [0.2, 0.25) is 0 Å². The number of halogens is 1. The van der Waals surface area contributed by atoms with Gasteiger partial charge in [-0.1, -0.05) is 15.9 Å². The Bertz CT molecular complexity index is 524. The quantitative estimate of drug-likeness (QED) is 0.857. The molecule has 1 aromatic rings. The summed E-state index contributed by atoms with van der Waals surface area (Å²) < 4.78 is 0.976. The number of nitrogens with one attached hydrogen (secondary N) is 1. The van der Waals surface area contributed by atoms with Gasteiger partial charge < -0.3 is 10.2 Å². The average Bonchev–Trinajstić information content (AvgIpc) is 2.48. The van der Waals surface area contributed by atoms with Gasteiger partial charge >= 0.3 is 0 Å². The maximum absolute atomic E-state index is 9.37. The van der Waals surface area contributed by atoms with Crippen LogP contribution in [0.1, 0.15) is 31.2 Å². The number of piperidine rings is 2. The Kier molecular flexibility index (Phi) is 4.00. The third-order valence-electron chi connectivity index (χ3n) is 4.64. The Morgan fingerprint density at radius 3 is 2.90 bits per heavy atom. The van der Waals surface area contributed by atoms with Crippen LogP contribution in [0.2, 0.25) is 0 Å². The van der Waals surface area contributed by atoms with E-state index in [2.05, 4.69) is 38.3 Å². The molecular weight excluding hydrogens is 314 g/mol. The van der Waals surface area contributed by atoms with Crippen LogP contribution in [0.15, 0.2) is 22.7 Å². The molecule has 20 heavy (non-hydrogen) atoms. The molecule has 2 fully saturated rings. The SMILES string of the molecule is N#Cc1cc(Br)ccc1N1CCCC2(CCCNC2)C1.